The summed E-state index contributed by atoms with van der Waals surface area (Å²) in [7, 11) is -2.68. The van der Waals surface area contributed by atoms with Crippen molar-refractivity contribution in [2.45, 2.75) is 17.4 Å². The van der Waals surface area contributed by atoms with Crippen LogP contribution in [0.3, 0.4) is 0 Å². The van der Waals surface area contributed by atoms with Crippen LogP contribution in [0, 0.1) is 0 Å². The number of methoxy groups -OCH3 is 1. The van der Waals surface area contributed by atoms with Gasteiger partial charge in [-0.05, 0) is 35.6 Å². The fraction of sp³-hybridized carbons (Fsp3) is 0.267. The third-order valence-electron chi connectivity index (χ3n) is 3.23. The maximum absolute atomic E-state index is 12.3. The average Bonchev–Trinajstić information content (AvgIpc) is 3.04. The lowest BCUT2D eigenvalue weighted by atomic mass is 10.1. The maximum Gasteiger partial charge on any atom is 0.349 e. The number of thiophene rings is 1. The van der Waals surface area contributed by atoms with Crippen molar-refractivity contribution in [1.29, 1.82) is 0 Å². The van der Waals surface area contributed by atoms with Crippen molar-refractivity contribution in [2.75, 3.05) is 13.7 Å². The molecule has 0 saturated carbocycles. The number of carbonyl (C=O) groups is 1. The largest absolute Gasteiger partial charge is 0.465 e. The van der Waals surface area contributed by atoms with E-state index in [9.17, 15) is 18.3 Å². The van der Waals surface area contributed by atoms with Crippen LogP contribution < -0.4 is 4.72 Å². The van der Waals surface area contributed by atoms with Crippen molar-refractivity contribution in [3.63, 3.8) is 0 Å². The van der Waals surface area contributed by atoms with Crippen LogP contribution in [0.15, 0.2) is 40.6 Å². The molecule has 1 aromatic carbocycles. The lowest BCUT2D eigenvalue weighted by molar-refractivity contribution is 0.0602. The van der Waals surface area contributed by atoms with Crippen LogP contribution in [-0.4, -0.2) is 33.1 Å². The second-order valence-electron chi connectivity index (χ2n) is 4.86. The Balaban J connectivity index is 2.01. The minimum absolute atomic E-state index is 0.00642. The maximum atomic E-state index is 12.3. The molecule has 130 valence electrons. The van der Waals surface area contributed by atoms with Crippen LogP contribution in [0.25, 0.3) is 0 Å². The lowest BCUT2D eigenvalue weighted by Gasteiger charge is -2.12. The molecule has 0 aliphatic carbocycles. The van der Waals surface area contributed by atoms with Crippen molar-refractivity contribution in [3.8, 4) is 0 Å². The fourth-order valence-corrected chi connectivity index (χ4v) is 4.62. The number of ether oxygens (including phenoxy) is 1. The van der Waals surface area contributed by atoms with Gasteiger partial charge in [0.1, 0.15) is 9.77 Å². The monoisotopic (exact) mass is 389 g/mol. The van der Waals surface area contributed by atoms with Crippen LogP contribution >= 0.6 is 22.9 Å². The van der Waals surface area contributed by atoms with E-state index in [0.29, 0.717) is 10.6 Å². The quantitative estimate of drug-likeness (QED) is 0.710. The molecular weight excluding hydrogens is 374 g/mol. The van der Waals surface area contributed by atoms with E-state index in [-0.39, 0.29) is 22.7 Å². The predicted molar refractivity (Wildman–Crippen MR) is 91.9 cm³/mol. The standard InChI is InChI=1S/C15H16ClNO5S2/c1-22-15(19)14-13(6-8-23-14)24(20,21)17-7-5-12(18)10-3-2-4-11(16)9-10/h2-4,6,8-9,12,17-18H,5,7H2,1H3. The summed E-state index contributed by atoms with van der Waals surface area (Å²) in [6, 6.07) is 8.06. The van der Waals surface area contributed by atoms with Gasteiger partial charge in [0, 0.05) is 11.6 Å². The molecule has 1 heterocycles. The molecule has 2 rings (SSSR count). The van der Waals surface area contributed by atoms with Crippen molar-refractivity contribution in [2.24, 2.45) is 0 Å². The first kappa shape index (κ1) is 18.9. The summed E-state index contributed by atoms with van der Waals surface area (Å²) in [5, 5.41) is 12.1. The Morgan fingerprint density at radius 1 is 1.42 bits per heavy atom. The summed E-state index contributed by atoms with van der Waals surface area (Å²) in [4.78, 5) is 11.5. The van der Waals surface area contributed by atoms with Gasteiger partial charge in [-0.15, -0.1) is 11.3 Å². The van der Waals surface area contributed by atoms with Gasteiger partial charge >= 0.3 is 5.97 Å². The number of benzene rings is 1. The Morgan fingerprint density at radius 2 is 2.17 bits per heavy atom. The Kier molecular flexibility index (Phi) is 6.36. The molecule has 6 nitrogen and oxygen atoms in total. The number of hydrogen-bond donors (Lipinski definition) is 2. The zero-order valence-corrected chi connectivity index (χ0v) is 15.1. The van der Waals surface area contributed by atoms with E-state index >= 15 is 0 Å². The number of nitrogens with one attached hydrogen (secondary N) is 1. The number of rotatable bonds is 7. The minimum atomic E-state index is -3.87. The number of sulfonamides is 1. The highest BCUT2D eigenvalue weighted by Crippen LogP contribution is 2.23. The third kappa shape index (κ3) is 4.55. The van der Waals surface area contributed by atoms with Crippen LogP contribution in [0.5, 0.6) is 0 Å². The minimum Gasteiger partial charge on any atom is -0.465 e. The summed E-state index contributed by atoms with van der Waals surface area (Å²) in [6.45, 7) is 0.00642. The molecule has 24 heavy (non-hydrogen) atoms. The van der Waals surface area contributed by atoms with Gasteiger partial charge in [0.25, 0.3) is 0 Å². The molecule has 0 bridgehead atoms. The second kappa shape index (κ2) is 8.09. The van der Waals surface area contributed by atoms with Gasteiger partial charge < -0.3 is 9.84 Å². The fourth-order valence-electron chi connectivity index (χ4n) is 2.04. The normalized spacial score (nSPS) is 12.8. The first-order chi connectivity index (χ1) is 11.3. The van der Waals surface area contributed by atoms with Gasteiger partial charge in [0.15, 0.2) is 0 Å². The van der Waals surface area contributed by atoms with E-state index < -0.39 is 22.1 Å². The zero-order valence-electron chi connectivity index (χ0n) is 12.7. The highest BCUT2D eigenvalue weighted by molar-refractivity contribution is 7.89. The van der Waals surface area contributed by atoms with Gasteiger partial charge in [0.05, 0.1) is 13.2 Å². The van der Waals surface area contributed by atoms with Crippen LogP contribution in [0.2, 0.25) is 5.02 Å². The van der Waals surface area contributed by atoms with E-state index in [1.165, 1.54) is 18.6 Å². The molecule has 9 heteroatoms. The molecule has 2 aromatic rings. The topological polar surface area (TPSA) is 92.7 Å². The van der Waals surface area contributed by atoms with Gasteiger partial charge in [-0.3, -0.25) is 0 Å². The van der Waals surface area contributed by atoms with E-state index in [1.54, 1.807) is 24.3 Å². The summed E-state index contributed by atoms with van der Waals surface area (Å²) < 4.78 is 31.5. The molecule has 0 fully saturated rings. The number of esters is 1. The molecule has 2 N–H and O–H groups in total. The Hall–Kier alpha value is -1.45. The van der Waals surface area contributed by atoms with Crippen LogP contribution in [-0.2, 0) is 14.8 Å². The number of hydrogen-bond acceptors (Lipinski definition) is 6. The zero-order chi connectivity index (χ0) is 17.7. The van der Waals surface area contributed by atoms with Crippen molar-refractivity contribution in [1.82, 2.24) is 4.72 Å². The summed E-state index contributed by atoms with van der Waals surface area (Å²) in [5.41, 5.74) is 0.604. The highest BCUT2D eigenvalue weighted by atomic mass is 35.5. The number of aliphatic hydroxyl groups excluding tert-OH is 1. The van der Waals surface area contributed by atoms with Crippen molar-refractivity contribution >= 4 is 38.9 Å². The molecule has 0 spiro atoms. The Labute approximate surface area is 149 Å². The van der Waals surface area contributed by atoms with Gasteiger partial charge in [-0.2, -0.15) is 0 Å². The number of carbonyl (C=O) groups excluding carboxylic acids is 1. The molecule has 0 amide bonds. The van der Waals surface area contributed by atoms with Gasteiger partial charge in [0.2, 0.25) is 10.0 Å². The van der Waals surface area contributed by atoms with Crippen LogP contribution in [0.1, 0.15) is 27.8 Å². The second-order valence-corrected chi connectivity index (χ2v) is 7.95. The first-order valence-electron chi connectivity index (χ1n) is 6.94. The Bertz CT molecular complexity index is 819. The smallest absolute Gasteiger partial charge is 0.349 e. The van der Waals surface area contributed by atoms with E-state index in [0.717, 1.165) is 11.3 Å². The number of halogens is 1. The average molecular weight is 390 g/mol. The molecule has 1 unspecified atom stereocenters. The highest BCUT2D eigenvalue weighted by Gasteiger charge is 2.24. The summed E-state index contributed by atoms with van der Waals surface area (Å²) in [5.74, 6) is -0.704. The van der Waals surface area contributed by atoms with Crippen molar-refractivity contribution in [3.05, 3.63) is 51.2 Å². The van der Waals surface area contributed by atoms with E-state index in [1.807, 2.05) is 0 Å². The summed E-state index contributed by atoms with van der Waals surface area (Å²) in [6.07, 6.45) is -0.689. The van der Waals surface area contributed by atoms with Crippen molar-refractivity contribution < 1.29 is 23.1 Å². The lowest BCUT2D eigenvalue weighted by Crippen LogP contribution is -2.27. The molecule has 0 saturated heterocycles. The Morgan fingerprint density at radius 3 is 2.83 bits per heavy atom. The molecule has 1 aromatic heterocycles. The van der Waals surface area contributed by atoms with E-state index in [2.05, 4.69) is 9.46 Å². The molecule has 0 aliphatic heterocycles. The molecule has 0 radical (unpaired) electrons. The third-order valence-corrected chi connectivity index (χ3v) is 5.99. The SMILES string of the molecule is COC(=O)c1sccc1S(=O)(=O)NCCC(O)c1cccc(Cl)c1. The van der Waals surface area contributed by atoms with E-state index in [4.69, 9.17) is 11.6 Å². The first-order valence-corrected chi connectivity index (χ1v) is 9.68. The number of aliphatic hydroxyl groups is 1. The summed E-state index contributed by atoms with van der Waals surface area (Å²) >= 11 is 6.85. The van der Waals surface area contributed by atoms with Crippen LogP contribution in [0.4, 0.5) is 0 Å². The molecular formula is C15H16ClNO5S2. The van der Waals surface area contributed by atoms with Gasteiger partial charge in [-0.25, -0.2) is 17.9 Å². The van der Waals surface area contributed by atoms with Gasteiger partial charge in [-0.1, -0.05) is 23.7 Å². The molecule has 0 aliphatic rings. The molecule has 1 atom stereocenters. The predicted octanol–water partition coefficient (Wildman–Crippen LogP) is 2.59.